The Kier molecular flexibility index (Phi) is 5.78. The lowest BCUT2D eigenvalue weighted by molar-refractivity contribution is 0.0692. The van der Waals surface area contributed by atoms with Crippen molar-refractivity contribution in [3.05, 3.63) is 70.9 Å². The number of amides is 1. The van der Waals surface area contributed by atoms with Crippen LogP contribution in [-0.4, -0.2) is 59.9 Å². The predicted molar refractivity (Wildman–Crippen MR) is 110 cm³/mol. The monoisotopic (exact) mass is 466 g/mol. The number of hydrogen-bond donors (Lipinski definition) is 1. The van der Waals surface area contributed by atoms with Crippen molar-refractivity contribution in [1.82, 2.24) is 19.4 Å². The number of rotatable bonds is 4. The first-order valence-corrected chi connectivity index (χ1v) is 11.1. The maximum Gasteiger partial charge on any atom is 0.271 e. The lowest BCUT2D eigenvalue weighted by Crippen LogP contribution is -2.50. The zero-order valence-electron chi connectivity index (χ0n) is 16.1. The van der Waals surface area contributed by atoms with Crippen LogP contribution in [0.1, 0.15) is 10.5 Å². The van der Waals surface area contributed by atoms with Gasteiger partial charge in [0.15, 0.2) is 11.6 Å². The molecule has 0 aliphatic carbocycles. The van der Waals surface area contributed by atoms with Crippen LogP contribution in [0.5, 0.6) is 0 Å². The van der Waals surface area contributed by atoms with Gasteiger partial charge < -0.3 is 4.90 Å². The van der Waals surface area contributed by atoms with E-state index in [1.807, 2.05) is 6.07 Å². The number of halogens is 3. The average molecular weight is 467 g/mol. The van der Waals surface area contributed by atoms with E-state index >= 15 is 0 Å². The number of aromatic nitrogens is 2. The maximum absolute atomic E-state index is 13.5. The molecular weight excluding hydrogens is 450 g/mol. The van der Waals surface area contributed by atoms with Crippen molar-refractivity contribution in [2.75, 3.05) is 26.2 Å². The Morgan fingerprint density at radius 3 is 2.42 bits per heavy atom. The second kappa shape index (κ2) is 8.37. The molecule has 11 heteroatoms. The second-order valence-electron chi connectivity index (χ2n) is 6.95. The van der Waals surface area contributed by atoms with Gasteiger partial charge in [0.1, 0.15) is 5.69 Å². The highest BCUT2D eigenvalue weighted by Crippen LogP contribution is 2.23. The van der Waals surface area contributed by atoms with Gasteiger partial charge in [0.2, 0.25) is 10.0 Å². The highest BCUT2D eigenvalue weighted by Gasteiger charge is 2.31. The molecule has 1 N–H and O–H groups in total. The van der Waals surface area contributed by atoms with E-state index < -0.39 is 21.7 Å². The van der Waals surface area contributed by atoms with Crippen LogP contribution in [0.2, 0.25) is 5.02 Å². The highest BCUT2D eigenvalue weighted by atomic mass is 35.5. The van der Waals surface area contributed by atoms with Crippen LogP contribution in [0.3, 0.4) is 0 Å². The molecule has 0 unspecified atom stereocenters. The number of benzene rings is 2. The number of carbonyl (C=O) groups is 1. The number of sulfonamides is 1. The fourth-order valence-electron chi connectivity index (χ4n) is 3.32. The maximum atomic E-state index is 13.5. The molecule has 0 spiro atoms. The number of nitrogens with zero attached hydrogens (tertiary/aromatic N) is 3. The Labute approximate surface area is 182 Å². The van der Waals surface area contributed by atoms with Crippen molar-refractivity contribution in [3.8, 4) is 11.3 Å². The lowest BCUT2D eigenvalue weighted by Gasteiger charge is -2.33. The van der Waals surface area contributed by atoms with Gasteiger partial charge >= 0.3 is 0 Å². The summed E-state index contributed by atoms with van der Waals surface area (Å²) in [5.74, 6) is -2.67. The lowest BCUT2D eigenvalue weighted by atomic mass is 10.1. The van der Waals surface area contributed by atoms with Gasteiger partial charge in [-0.05, 0) is 36.4 Å². The van der Waals surface area contributed by atoms with E-state index in [0.29, 0.717) is 16.8 Å². The number of aromatic amines is 1. The summed E-state index contributed by atoms with van der Waals surface area (Å²) in [7, 11) is -4.00. The first kappa shape index (κ1) is 21.4. The molecule has 162 valence electrons. The van der Waals surface area contributed by atoms with E-state index in [9.17, 15) is 22.0 Å². The highest BCUT2D eigenvalue weighted by molar-refractivity contribution is 7.89. The fourth-order valence-corrected chi connectivity index (χ4v) is 4.94. The van der Waals surface area contributed by atoms with Gasteiger partial charge in [-0.2, -0.15) is 9.40 Å². The Morgan fingerprint density at radius 1 is 1.00 bits per heavy atom. The molecule has 1 fully saturated rings. The minimum absolute atomic E-state index is 0.0301. The molecule has 1 amide bonds. The standard InChI is InChI=1S/C20H17ClF2N4O3S/c21-14-3-1-2-13(10-14)18-12-19(25-24-18)20(28)26-6-8-27(9-7-26)31(29,30)15-4-5-16(22)17(23)11-15/h1-5,10-12H,6-9H2,(H,24,25). The summed E-state index contributed by atoms with van der Waals surface area (Å²) in [5.41, 5.74) is 1.59. The summed E-state index contributed by atoms with van der Waals surface area (Å²) < 4.78 is 53.1. The van der Waals surface area contributed by atoms with Gasteiger partial charge in [-0.3, -0.25) is 9.89 Å². The Morgan fingerprint density at radius 2 is 1.74 bits per heavy atom. The zero-order chi connectivity index (χ0) is 22.2. The van der Waals surface area contributed by atoms with E-state index in [0.717, 1.165) is 22.0 Å². The van der Waals surface area contributed by atoms with E-state index in [4.69, 9.17) is 11.6 Å². The van der Waals surface area contributed by atoms with E-state index in [-0.39, 0.29) is 42.7 Å². The molecule has 0 bridgehead atoms. The third-order valence-corrected chi connectivity index (χ3v) is 7.11. The van der Waals surface area contributed by atoms with Gasteiger partial charge in [0.05, 0.1) is 10.6 Å². The molecule has 0 radical (unpaired) electrons. The summed E-state index contributed by atoms with van der Waals surface area (Å²) in [5, 5.41) is 7.40. The topological polar surface area (TPSA) is 86.4 Å². The van der Waals surface area contributed by atoms with E-state index in [1.165, 1.54) is 4.90 Å². The van der Waals surface area contributed by atoms with Crippen molar-refractivity contribution in [2.24, 2.45) is 0 Å². The number of nitrogens with one attached hydrogen (secondary N) is 1. The molecular formula is C20H17ClF2N4O3S. The quantitative estimate of drug-likeness (QED) is 0.640. The van der Waals surface area contributed by atoms with Crippen molar-refractivity contribution in [2.45, 2.75) is 4.90 Å². The van der Waals surface area contributed by atoms with Crippen molar-refractivity contribution in [3.63, 3.8) is 0 Å². The van der Waals surface area contributed by atoms with Gasteiger partial charge in [0.25, 0.3) is 5.91 Å². The van der Waals surface area contributed by atoms with Crippen LogP contribution in [0.15, 0.2) is 53.4 Å². The van der Waals surface area contributed by atoms with Crippen LogP contribution in [-0.2, 0) is 10.0 Å². The normalized spacial score (nSPS) is 15.3. The van der Waals surface area contributed by atoms with Crippen molar-refractivity contribution >= 4 is 27.5 Å². The van der Waals surface area contributed by atoms with E-state index in [1.54, 1.807) is 24.3 Å². The third-order valence-electron chi connectivity index (χ3n) is 4.98. The van der Waals surface area contributed by atoms with Crippen LogP contribution < -0.4 is 0 Å². The van der Waals surface area contributed by atoms with Crippen molar-refractivity contribution in [1.29, 1.82) is 0 Å². The largest absolute Gasteiger partial charge is 0.335 e. The van der Waals surface area contributed by atoms with Gasteiger partial charge in [0, 0.05) is 36.8 Å². The smallest absolute Gasteiger partial charge is 0.271 e. The van der Waals surface area contributed by atoms with Crippen LogP contribution in [0, 0.1) is 11.6 Å². The molecule has 2 aromatic carbocycles. The van der Waals surface area contributed by atoms with Crippen molar-refractivity contribution < 1.29 is 22.0 Å². The molecule has 1 aromatic heterocycles. The van der Waals surface area contributed by atoms with Crippen LogP contribution in [0.25, 0.3) is 11.3 Å². The molecule has 0 atom stereocenters. The van der Waals surface area contributed by atoms with Gasteiger partial charge in [-0.25, -0.2) is 17.2 Å². The number of hydrogen-bond acceptors (Lipinski definition) is 4. The average Bonchev–Trinajstić information content (AvgIpc) is 3.25. The zero-order valence-corrected chi connectivity index (χ0v) is 17.6. The SMILES string of the molecule is O=C(c1cc(-c2cccc(Cl)c2)n[nH]1)N1CCN(S(=O)(=O)c2ccc(F)c(F)c2)CC1. The minimum atomic E-state index is -4.00. The number of H-pyrrole nitrogens is 1. The molecule has 4 rings (SSSR count). The van der Waals surface area contributed by atoms with Crippen LogP contribution >= 0.6 is 11.6 Å². The summed E-state index contributed by atoms with van der Waals surface area (Å²) in [4.78, 5) is 14.0. The van der Waals surface area contributed by atoms with Gasteiger partial charge in [-0.15, -0.1) is 0 Å². The molecule has 1 saturated heterocycles. The van der Waals surface area contributed by atoms with E-state index in [2.05, 4.69) is 10.2 Å². The summed E-state index contributed by atoms with van der Waals surface area (Å²) in [6.07, 6.45) is 0. The Hall–Kier alpha value is -2.82. The van der Waals surface area contributed by atoms with Gasteiger partial charge in [-0.1, -0.05) is 23.7 Å². The Bertz CT molecular complexity index is 1240. The first-order chi connectivity index (χ1) is 14.8. The molecule has 0 saturated carbocycles. The van der Waals surface area contributed by atoms with Crippen LogP contribution in [0.4, 0.5) is 8.78 Å². The Balaban J connectivity index is 1.44. The third kappa shape index (κ3) is 4.32. The first-order valence-electron chi connectivity index (χ1n) is 9.31. The second-order valence-corrected chi connectivity index (χ2v) is 9.32. The molecule has 31 heavy (non-hydrogen) atoms. The number of piperazine rings is 1. The predicted octanol–water partition coefficient (Wildman–Crippen LogP) is 3.16. The molecule has 3 aromatic rings. The molecule has 7 nitrogen and oxygen atoms in total. The molecule has 1 aliphatic heterocycles. The molecule has 2 heterocycles. The fraction of sp³-hybridized carbons (Fsp3) is 0.200. The summed E-state index contributed by atoms with van der Waals surface area (Å²) in [6, 6.07) is 11.1. The minimum Gasteiger partial charge on any atom is -0.335 e. The summed E-state index contributed by atoms with van der Waals surface area (Å²) >= 11 is 5.99. The number of carbonyl (C=O) groups excluding carboxylic acids is 1. The summed E-state index contributed by atoms with van der Waals surface area (Å²) in [6.45, 7) is 0.352. The molecule has 1 aliphatic rings.